The van der Waals surface area contributed by atoms with E-state index in [4.69, 9.17) is 9.47 Å². The second kappa shape index (κ2) is 6.74. The maximum atomic E-state index is 12.0. The van der Waals surface area contributed by atoms with Gasteiger partial charge >= 0.3 is 11.9 Å². The van der Waals surface area contributed by atoms with Gasteiger partial charge in [0.05, 0.1) is 11.1 Å². The third-order valence-corrected chi connectivity index (χ3v) is 3.73. The van der Waals surface area contributed by atoms with Crippen molar-refractivity contribution in [3.8, 4) is 0 Å². The van der Waals surface area contributed by atoms with Gasteiger partial charge in [0, 0.05) is 13.3 Å². The Morgan fingerprint density at radius 3 is 2.62 bits per heavy atom. The molecule has 1 aromatic rings. The van der Waals surface area contributed by atoms with E-state index < -0.39 is 17.7 Å². The molecule has 1 heterocycles. The normalized spacial score (nSPS) is 20.0. The summed E-state index contributed by atoms with van der Waals surface area (Å²) in [7, 11) is 0. The summed E-state index contributed by atoms with van der Waals surface area (Å²) in [5.41, 5.74) is 1.16. The molecule has 2 rings (SSSR count). The summed E-state index contributed by atoms with van der Waals surface area (Å²) in [5, 5.41) is 0. The Morgan fingerprint density at radius 1 is 1.19 bits per heavy atom. The van der Waals surface area contributed by atoms with Crippen LogP contribution < -0.4 is 0 Å². The zero-order valence-electron chi connectivity index (χ0n) is 12.7. The Morgan fingerprint density at radius 2 is 1.90 bits per heavy atom. The fourth-order valence-electron chi connectivity index (χ4n) is 2.76. The number of carbonyl (C=O) groups is 2. The summed E-state index contributed by atoms with van der Waals surface area (Å²) in [6.45, 7) is 3.50. The molecule has 21 heavy (non-hydrogen) atoms. The van der Waals surface area contributed by atoms with Gasteiger partial charge in [0.25, 0.3) is 5.79 Å². The van der Waals surface area contributed by atoms with Crippen LogP contribution in [-0.4, -0.2) is 11.9 Å². The highest BCUT2D eigenvalue weighted by atomic mass is 16.7. The first-order valence-electron chi connectivity index (χ1n) is 7.61. The van der Waals surface area contributed by atoms with Gasteiger partial charge in [0.2, 0.25) is 0 Å². The number of fused-ring (bicyclic) bond motifs is 1. The fourth-order valence-corrected chi connectivity index (χ4v) is 2.76. The summed E-state index contributed by atoms with van der Waals surface area (Å²) in [6.07, 6.45) is 5.91. The van der Waals surface area contributed by atoms with E-state index in [0.717, 1.165) is 19.3 Å². The van der Waals surface area contributed by atoms with Crippen LogP contribution >= 0.6 is 0 Å². The topological polar surface area (TPSA) is 52.6 Å². The summed E-state index contributed by atoms with van der Waals surface area (Å²) in [4.78, 5) is 23.4. The molecule has 0 aromatic heterocycles. The van der Waals surface area contributed by atoms with Crippen LogP contribution in [0.25, 0.3) is 0 Å². The van der Waals surface area contributed by atoms with Crippen LogP contribution in [0.15, 0.2) is 24.3 Å². The molecule has 0 saturated heterocycles. The minimum absolute atomic E-state index is 0.416. The number of esters is 2. The molecule has 0 bridgehead atoms. The van der Waals surface area contributed by atoms with Crippen LogP contribution in [0.3, 0.4) is 0 Å². The van der Waals surface area contributed by atoms with E-state index in [2.05, 4.69) is 6.92 Å². The maximum Gasteiger partial charge on any atom is 0.342 e. The minimum Gasteiger partial charge on any atom is -0.418 e. The van der Waals surface area contributed by atoms with E-state index in [0.29, 0.717) is 17.5 Å². The number of benzene rings is 1. The highest BCUT2D eigenvalue weighted by Crippen LogP contribution is 2.41. The van der Waals surface area contributed by atoms with E-state index >= 15 is 0 Å². The molecule has 0 spiro atoms. The SMILES string of the molecule is CCCCCCCC1(OC(C)=O)OC(=O)c2ccccc21. The Hall–Kier alpha value is -1.84. The van der Waals surface area contributed by atoms with Crippen LogP contribution in [0.2, 0.25) is 0 Å². The van der Waals surface area contributed by atoms with Gasteiger partial charge in [-0.1, -0.05) is 50.8 Å². The number of unbranched alkanes of at least 4 members (excludes halogenated alkanes) is 4. The molecule has 1 aliphatic heterocycles. The van der Waals surface area contributed by atoms with Gasteiger partial charge in [0.1, 0.15) is 0 Å². The van der Waals surface area contributed by atoms with Crippen LogP contribution in [0.4, 0.5) is 0 Å². The molecule has 4 nitrogen and oxygen atoms in total. The molecule has 0 fully saturated rings. The third kappa shape index (κ3) is 3.43. The first kappa shape index (κ1) is 15.5. The zero-order valence-corrected chi connectivity index (χ0v) is 12.7. The van der Waals surface area contributed by atoms with E-state index in [-0.39, 0.29) is 0 Å². The molecule has 1 aromatic carbocycles. The van der Waals surface area contributed by atoms with Crippen molar-refractivity contribution < 1.29 is 19.1 Å². The van der Waals surface area contributed by atoms with E-state index in [9.17, 15) is 9.59 Å². The van der Waals surface area contributed by atoms with Gasteiger partial charge in [-0.05, 0) is 12.5 Å². The number of cyclic esters (lactones) is 1. The molecule has 1 unspecified atom stereocenters. The lowest BCUT2D eigenvalue weighted by Crippen LogP contribution is -2.32. The average molecular weight is 290 g/mol. The highest BCUT2D eigenvalue weighted by Gasteiger charge is 2.47. The Labute approximate surface area is 125 Å². The minimum atomic E-state index is -1.23. The summed E-state index contributed by atoms with van der Waals surface area (Å²) in [5.74, 6) is -2.08. The predicted octanol–water partition coefficient (Wildman–Crippen LogP) is 3.93. The molecule has 1 atom stereocenters. The van der Waals surface area contributed by atoms with Crippen molar-refractivity contribution in [2.24, 2.45) is 0 Å². The summed E-state index contributed by atoms with van der Waals surface area (Å²) < 4.78 is 10.9. The van der Waals surface area contributed by atoms with E-state index in [1.165, 1.54) is 19.8 Å². The van der Waals surface area contributed by atoms with Crippen molar-refractivity contribution >= 4 is 11.9 Å². The number of rotatable bonds is 7. The van der Waals surface area contributed by atoms with Gasteiger partial charge in [-0.3, -0.25) is 4.79 Å². The lowest BCUT2D eigenvalue weighted by Gasteiger charge is -2.28. The molecule has 0 aliphatic carbocycles. The molecule has 0 amide bonds. The quantitative estimate of drug-likeness (QED) is 0.564. The maximum absolute atomic E-state index is 12.0. The standard InChI is InChI=1S/C17H22O4/c1-3-4-5-6-9-12-17(20-13(2)18)15-11-8-7-10-14(15)16(19)21-17/h7-8,10-11H,3-6,9,12H2,1-2H3. The van der Waals surface area contributed by atoms with Crippen molar-refractivity contribution in [1.29, 1.82) is 0 Å². The molecule has 4 heteroatoms. The molecular formula is C17H22O4. The number of ether oxygens (including phenoxy) is 2. The monoisotopic (exact) mass is 290 g/mol. The molecule has 0 radical (unpaired) electrons. The summed E-state index contributed by atoms with van der Waals surface area (Å²) in [6, 6.07) is 7.12. The van der Waals surface area contributed by atoms with Crippen molar-refractivity contribution in [1.82, 2.24) is 0 Å². The Kier molecular flexibility index (Phi) is 4.99. The largest absolute Gasteiger partial charge is 0.418 e. The van der Waals surface area contributed by atoms with Crippen molar-refractivity contribution in [3.63, 3.8) is 0 Å². The van der Waals surface area contributed by atoms with Gasteiger partial charge < -0.3 is 9.47 Å². The zero-order chi connectivity index (χ0) is 15.3. The van der Waals surface area contributed by atoms with Crippen molar-refractivity contribution in [2.75, 3.05) is 0 Å². The first-order chi connectivity index (χ1) is 10.1. The van der Waals surface area contributed by atoms with Gasteiger partial charge in [0.15, 0.2) is 0 Å². The van der Waals surface area contributed by atoms with Gasteiger partial charge in [-0.15, -0.1) is 0 Å². The second-order valence-corrected chi connectivity index (χ2v) is 5.45. The van der Waals surface area contributed by atoms with Crippen LogP contribution in [-0.2, 0) is 20.1 Å². The first-order valence-corrected chi connectivity index (χ1v) is 7.61. The Balaban J connectivity index is 2.15. The van der Waals surface area contributed by atoms with E-state index in [1.54, 1.807) is 18.2 Å². The average Bonchev–Trinajstić information content (AvgIpc) is 2.72. The number of carbonyl (C=O) groups excluding carboxylic acids is 2. The summed E-state index contributed by atoms with van der Waals surface area (Å²) >= 11 is 0. The number of hydrogen-bond acceptors (Lipinski definition) is 4. The lowest BCUT2D eigenvalue weighted by molar-refractivity contribution is -0.211. The fraction of sp³-hybridized carbons (Fsp3) is 0.529. The van der Waals surface area contributed by atoms with Gasteiger partial charge in [-0.2, -0.15) is 0 Å². The third-order valence-electron chi connectivity index (χ3n) is 3.73. The molecule has 1 aliphatic rings. The predicted molar refractivity (Wildman–Crippen MR) is 78.7 cm³/mol. The highest BCUT2D eigenvalue weighted by molar-refractivity contribution is 5.94. The Bertz CT molecular complexity index is 519. The molecular weight excluding hydrogens is 268 g/mol. The van der Waals surface area contributed by atoms with Crippen LogP contribution in [0.5, 0.6) is 0 Å². The van der Waals surface area contributed by atoms with Crippen molar-refractivity contribution in [3.05, 3.63) is 35.4 Å². The second-order valence-electron chi connectivity index (χ2n) is 5.45. The molecule has 0 saturated carbocycles. The van der Waals surface area contributed by atoms with E-state index in [1.807, 2.05) is 6.07 Å². The van der Waals surface area contributed by atoms with Gasteiger partial charge in [-0.25, -0.2) is 4.79 Å². The molecule has 0 N–H and O–H groups in total. The lowest BCUT2D eigenvalue weighted by atomic mass is 9.96. The molecule has 114 valence electrons. The van der Waals surface area contributed by atoms with Crippen molar-refractivity contribution in [2.45, 2.75) is 58.2 Å². The van der Waals surface area contributed by atoms with Crippen LogP contribution in [0.1, 0.15) is 68.3 Å². The van der Waals surface area contributed by atoms with Crippen LogP contribution in [0, 0.1) is 0 Å². The number of hydrogen-bond donors (Lipinski definition) is 0. The smallest absolute Gasteiger partial charge is 0.342 e.